The van der Waals surface area contributed by atoms with Gasteiger partial charge in [-0.25, -0.2) is 0 Å². The van der Waals surface area contributed by atoms with Crippen molar-refractivity contribution in [3.8, 4) is 0 Å². The van der Waals surface area contributed by atoms with Crippen LogP contribution in [0.5, 0.6) is 0 Å². The number of hydrogen-bond donors (Lipinski definition) is 0. The lowest BCUT2D eigenvalue weighted by molar-refractivity contribution is -0.159. The molecule has 0 N–H and O–H groups in total. The van der Waals surface area contributed by atoms with E-state index in [1.807, 2.05) is 13.8 Å². The van der Waals surface area contributed by atoms with Crippen LogP contribution in [-0.2, 0) is 19.0 Å². The lowest BCUT2D eigenvalue weighted by Gasteiger charge is -2.19. The van der Waals surface area contributed by atoms with Crippen molar-refractivity contribution in [3.63, 3.8) is 0 Å². The van der Waals surface area contributed by atoms with Crippen molar-refractivity contribution in [1.29, 1.82) is 0 Å². The molecule has 0 aromatic rings. The summed E-state index contributed by atoms with van der Waals surface area (Å²) in [5.41, 5.74) is 0. The lowest BCUT2D eigenvalue weighted by Crippen LogP contribution is -2.31. The number of hydrogen-bond acceptors (Lipinski definition) is 4. The summed E-state index contributed by atoms with van der Waals surface area (Å²) in [4.78, 5) is 11.4. The van der Waals surface area contributed by atoms with E-state index in [1.54, 1.807) is 13.8 Å². The monoisotopic (exact) mass is 280 g/mol. The minimum atomic E-state index is -0.651. The fourth-order valence-electron chi connectivity index (χ4n) is 1.19. The largest absolute Gasteiger partial charge is 0.462 e. The molecule has 0 unspecified atom stereocenters. The van der Waals surface area contributed by atoms with E-state index in [2.05, 4.69) is 15.9 Å². The maximum atomic E-state index is 11.4. The van der Waals surface area contributed by atoms with Crippen LogP contribution in [0.2, 0.25) is 0 Å². The average molecular weight is 281 g/mol. The third-order valence-electron chi connectivity index (χ3n) is 1.95. The first-order valence-corrected chi connectivity index (χ1v) is 5.68. The first-order valence-electron chi connectivity index (χ1n) is 4.89. The molecule has 0 aliphatic carbocycles. The molecule has 0 spiro atoms. The Hall–Kier alpha value is -0.130. The maximum absolute atomic E-state index is 11.4. The summed E-state index contributed by atoms with van der Waals surface area (Å²) < 4.78 is 15.3. The van der Waals surface area contributed by atoms with Gasteiger partial charge in [-0.1, -0.05) is 15.9 Å². The fraction of sp³-hybridized carbons (Fsp3) is 0.900. The van der Waals surface area contributed by atoms with E-state index in [-0.39, 0.29) is 18.7 Å². The molecule has 0 radical (unpaired) electrons. The molecule has 1 rings (SSSR count). The van der Waals surface area contributed by atoms with Crippen molar-refractivity contribution >= 4 is 21.9 Å². The van der Waals surface area contributed by atoms with Crippen LogP contribution in [0, 0.1) is 0 Å². The predicted molar refractivity (Wildman–Crippen MR) is 58.9 cm³/mol. The molecule has 0 saturated carbocycles. The van der Waals surface area contributed by atoms with Crippen molar-refractivity contribution in [3.05, 3.63) is 0 Å². The Kier molecular flexibility index (Phi) is 3.79. The molecule has 1 atom stereocenters. The highest BCUT2D eigenvalue weighted by Gasteiger charge is 2.34. The number of esters is 1. The van der Waals surface area contributed by atoms with Gasteiger partial charge < -0.3 is 14.2 Å². The SMILES string of the molecule is CC1(C)OC[C@H](COC(=O)C(C)(C)Br)O1. The highest BCUT2D eigenvalue weighted by atomic mass is 79.9. The lowest BCUT2D eigenvalue weighted by atomic mass is 10.2. The minimum absolute atomic E-state index is 0.168. The van der Waals surface area contributed by atoms with Crippen LogP contribution in [0.4, 0.5) is 0 Å². The van der Waals surface area contributed by atoms with Gasteiger partial charge in [0.15, 0.2) is 5.79 Å². The molecule has 1 saturated heterocycles. The summed E-state index contributed by atoms with van der Waals surface area (Å²) in [6.07, 6.45) is -0.168. The van der Waals surface area contributed by atoms with Crippen molar-refractivity contribution in [2.75, 3.05) is 13.2 Å². The van der Waals surface area contributed by atoms with Gasteiger partial charge in [0.05, 0.1) is 6.61 Å². The van der Waals surface area contributed by atoms with Gasteiger partial charge in [0.1, 0.15) is 17.0 Å². The molecule has 1 aliphatic heterocycles. The van der Waals surface area contributed by atoms with Gasteiger partial charge in [0.25, 0.3) is 0 Å². The summed E-state index contributed by atoms with van der Waals surface area (Å²) in [6.45, 7) is 7.85. The van der Waals surface area contributed by atoms with Gasteiger partial charge in [-0.05, 0) is 27.7 Å². The van der Waals surface area contributed by atoms with Crippen LogP contribution >= 0.6 is 15.9 Å². The fourth-order valence-corrected chi connectivity index (χ4v) is 1.30. The van der Waals surface area contributed by atoms with Crippen LogP contribution in [0.25, 0.3) is 0 Å². The number of ether oxygens (including phenoxy) is 3. The summed E-state index contributed by atoms with van der Waals surface area (Å²) in [5, 5.41) is 0. The molecule has 4 nitrogen and oxygen atoms in total. The van der Waals surface area contributed by atoms with Crippen LogP contribution in [0.1, 0.15) is 27.7 Å². The van der Waals surface area contributed by atoms with Gasteiger partial charge in [-0.2, -0.15) is 0 Å². The Morgan fingerprint density at radius 3 is 2.60 bits per heavy atom. The molecule has 0 bridgehead atoms. The molecule has 1 fully saturated rings. The van der Waals surface area contributed by atoms with E-state index < -0.39 is 10.1 Å². The summed E-state index contributed by atoms with van der Waals surface area (Å²) >= 11 is 3.23. The quantitative estimate of drug-likeness (QED) is 0.585. The van der Waals surface area contributed by atoms with E-state index in [4.69, 9.17) is 14.2 Å². The molecule has 5 heteroatoms. The third kappa shape index (κ3) is 4.09. The van der Waals surface area contributed by atoms with Crippen LogP contribution in [-0.4, -0.2) is 35.4 Å². The summed E-state index contributed by atoms with van der Waals surface area (Å²) in [6, 6.07) is 0. The zero-order valence-electron chi connectivity index (χ0n) is 9.50. The maximum Gasteiger partial charge on any atom is 0.322 e. The third-order valence-corrected chi connectivity index (χ3v) is 2.28. The molecule has 1 aliphatic rings. The Labute approximate surface area is 98.4 Å². The minimum Gasteiger partial charge on any atom is -0.462 e. The van der Waals surface area contributed by atoms with Gasteiger partial charge in [0, 0.05) is 0 Å². The first-order chi connectivity index (χ1) is 6.71. The second-order valence-electron chi connectivity index (χ2n) is 4.52. The van der Waals surface area contributed by atoms with E-state index in [0.717, 1.165) is 0 Å². The van der Waals surface area contributed by atoms with E-state index in [1.165, 1.54) is 0 Å². The summed E-state index contributed by atoms with van der Waals surface area (Å²) in [7, 11) is 0. The Morgan fingerprint density at radius 2 is 2.20 bits per heavy atom. The molecule has 1 heterocycles. The standard InChI is InChI=1S/C10H17BrO4/c1-9(2,11)8(12)13-5-7-6-14-10(3,4)15-7/h7H,5-6H2,1-4H3/t7-/m0/s1. The Balaban J connectivity index is 2.31. The number of alkyl halides is 1. The second-order valence-corrected chi connectivity index (χ2v) is 6.50. The van der Waals surface area contributed by atoms with Gasteiger partial charge in [0.2, 0.25) is 0 Å². The molecule has 15 heavy (non-hydrogen) atoms. The van der Waals surface area contributed by atoms with Gasteiger partial charge >= 0.3 is 5.97 Å². The molecule has 0 aromatic heterocycles. The number of rotatable bonds is 3. The van der Waals surface area contributed by atoms with Crippen LogP contribution in [0.3, 0.4) is 0 Å². The summed E-state index contributed by atoms with van der Waals surface area (Å²) in [5.74, 6) is -0.864. The highest BCUT2D eigenvalue weighted by Crippen LogP contribution is 2.23. The molecule has 88 valence electrons. The van der Waals surface area contributed by atoms with Crippen molar-refractivity contribution < 1.29 is 19.0 Å². The molecular formula is C10H17BrO4. The predicted octanol–water partition coefficient (Wildman–Crippen LogP) is 1.85. The Morgan fingerprint density at radius 1 is 1.60 bits per heavy atom. The molecular weight excluding hydrogens is 264 g/mol. The molecule has 0 aromatic carbocycles. The first kappa shape index (κ1) is 12.9. The van der Waals surface area contributed by atoms with Crippen LogP contribution < -0.4 is 0 Å². The zero-order chi connectivity index (χ0) is 11.7. The topological polar surface area (TPSA) is 44.8 Å². The van der Waals surface area contributed by atoms with Crippen LogP contribution in [0.15, 0.2) is 0 Å². The zero-order valence-corrected chi connectivity index (χ0v) is 11.1. The van der Waals surface area contributed by atoms with Crippen molar-refractivity contribution in [2.24, 2.45) is 0 Å². The van der Waals surface area contributed by atoms with Crippen molar-refractivity contribution in [2.45, 2.75) is 43.9 Å². The number of halogens is 1. The number of carbonyl (C=O) groups excluding carboxylic acids is 1. The number of carbonyl (C=O) groups is 1. The van der Waals surface area contributed by atoms with E-state index in [9.17, 15) is 4.79 Å². The second kappa shape index (κ2) is 4.39. The molecule has 0 amide bonds. The van der Waals surface area contributed by atoms with E-state index >= 15 is 0 Å². The van der Waals surface area contributed by atoms with Gasteiger partial charge in [-0.15, -0.1) is 0 Å². The normalized spacial score (nSPS) is 25.3. The van der Waals surface area contributed by atoms with Gasteiger partial charge in [-0.3, -0.25) is 4.79 Å². The average Bonchev–Trinajstić information content (AvgIpc) is 2.39. The van der Waals surface area contributed by atoms with E-state index in [0.29, 0.717) is 6.61 Å². The van der Waals surface area contributed by atoms with Crippen molar-refractivity contribution in [1.82, 2.24) is 0 Å². The smallest absolute Gasteiger partial charge is 0.322 e. The highest BCUT2D eigenvalue weighted by molar-refractivity contribution is 9.10. The Bertz CT molecular complexity index is 244.